The molecule has 0 spiro atoms. The molecule has 110 valence electrons. The number of fused-ring (bicyclic) bond motifs is 1. The summed E-state index contributed by atoms with van der Waals surface area (Å²) in [6.45, 7) is 0. The van der Waals surface area contributed by atoms with Gasteiger partial charge in [0.2, 0.25) is 0 Å². The largest absolute Gasteiger partial charge is 0.506 e. The Morgan fingerprint density at radius 2 is 2.10 bits per heavy atom. The molecule has 1 aliphatic heterocycles. The maximum absolute atomic E-state index is 13.4. The molecule has 2 aromatic carbocycles. The van der Waals surface area contributed by atoms with Crippen LogP contribution >= 0.6 is 11.6 Å². The third-order valence-corrected chi connectivity index (χ3v) is 4.06. The highest BCUT2D eigenvalue weighted by Crippen LogP contribution is 2.41. The minimum Gasteiger partial charge on any atom is -0.506 e. The highest BCUT2D eigenvalue weighted by molar-refractivity contribution is 6.32. The van der Waals surface area contributed by atoms with Crippen LogP contribution in [0.3, 0.4) is 0 Å². The highest BCUT2D eigenvalue weighted by atomic mass is 35.5. The molecule has 0 aromatic heterocycles. The molecule has 0 aliphatic carbocycles. The third-order valence-electron chi connectivity index (χ3n) is 3.76. The van der Waals surface area contributed by atoms with E-state index < -0.39 is 0 Å². The van der Waals surface area contributed by atoms with Crippen LogP contribution in [0.1, 0.15) is 29.7 Å². The van der Waals surface area contributed by atoms with Gasteiger partial charge in [0.15, 0.2) is 0 Å². The first-order valence-electron chi connectivity index (χ1n) is 6.70. The van der Waals surface area contributed by atoms with Crippen LogP contribution < -0.4 is 10.1 Å². The number of benzene rings is 2. The quantitative estimate of drug-likeness (QED) is 0.882. The highest BCUT2D eigenvalue weighted by Gasteiger charge is 2.29. The van der Waals surface area contributed by atoms with E-state index in [9.17, 15) is 9.50 Å². The molecule has 2 N–H and O–H groups in total. The monoisotopic (exact) mass is 307 g/mol. The van der Waals surface area contributed by atoms with Crippen molar-refractivity contribution >= 4 is 11.6 Å². The fourth-order valence-corrected chi connectivity index (χ4v) is 2.83. The Bertz CT molecular complexity index is 677. The molecular weight excluding hydrogens is 293 g/mol. The van der Waals surface area contributed by atoms with Crippen LogP contribution in [0.25, 0.3) is 0 Å². The van der Waals surface area contributed by atoms with Crippen molar-refractivity contribution in [1.82, 2.24) is 5.32 Å². The van der Waals surface area contributed by atoms with E-state index in [0.29, 0.717) is 17.2 Å². The van der Waals surface area contributed by atoms with E-state index in [1.54, 1.807) is 24.3 Å². The summed E-state index contributed by atoms with van der Waals surface area (Å²) in [7, 11) is 1.84. The number of phenolic OH excluding ortho intramolecular Hbond substituents is 1. The zero-order valence-corrected chi connectivity index (χ0v) is 12.2. The maximum Gasteiger partial charge on any atom is 0.134 e. The summed E-state index contributed by atoms with van der Waals surface area (Å²) in [4.78, 5) is 0. The summed E-state index contributed by atoms with van der Waals surface area (Å²) in [6.07, 6.45) is 0.465. The number of nitrogens with one attached hydrogen (secondary N) is 1. The molecule has 2 atom stereocenters. The van der Waals surface area contributed by atoms with Gasteiger partial charge in [0, 0.05) is 18.0 Å². The molecule has 0 amide bonds. The van der Waals surface area contributed by atoms with E-state index in [1.165, 1.54) is 12.1 Å². The fourth-order valence-electron chi connectivity index (χ4n) is 2.64. The number of hydrogen-bond acceptors (Lipinski definition) is 3. The first-order valence-corrected chi connectivity index (χ1v) is 7.08. The van der Waals surface area contributed by atoms with Gasteiger partial charge < -0.3 is 15.2 Å². The zero-order valence-electron chi connectivity index (χ0n) is 11.4. The summed E-state index contributed by atoms with van der Waals surface area (Å²) < 4.78 is 19.3. The first kappa shape index (κ1) is 14.2. The van der Waals surface area contributed by atoms with Crippen LogP contribution in [0.2, 0.25) is 5.02 Å². The van der Waals surface area contributed by atoms with Crippen LogP contribution in [0, 0.1) is 5.82 Å². The van der Waals surface area contributed by atoms with Gasteiger partial charge in [-0.05, 0) is 42.9 Å². The van der Waals surface area contributed by atoms with Crippen LogP contribution in [0.4, 0.5) is 4.39 Å². The second-order valence-electron chi connectivity index (χ2n) is 5.08. The summed E-state index contributed by atoms with van der Waals surface area (Å²) in [6, 6.07) is 9.56. The van der Waals surface area contributed by atoms with E-state index >= 15 is 0 Å². The van der Waals surface area contributed by atoms with Gasteiger partial charge in [0.1, 0.15) is 23.4 Å². The van der Waals surface area contributed by atoms with Crippen molar-refractivity contribution < 1.29 is 14.2 Å². The molecule has 2 aromatic rings. The predicted molar refractivity (Wildman–Crippen MR) is 79.3 cm³/mol. The van der Waals surface area contributed by atoms with Gasteiger partial charge in [-0.25, -0.2) is 4.39 Å². The predicted octanol–water partition coefficient (Wildman–Crippen LogP) is 3.97. The van der Waals surface area contributed by atoms with E-state index in [2.05, 4.69) is 5.32 Å². The second kappa shape index (κ2) is 5.54. The van der Waals surface area contributed by atoms with E-state index in [4.69, 9.17) is 16.3 Å². The molecular formula is C16H15ClFNO2. The summed E-state index contributed by atoms with van der Waals surface area (Å²) in [5.41, 5.74) is 1.70. The minimum absolute atomic E-state index is 0.00188. The first-order chi connectivity index (χ1) is 10.1. The Kier molecular flexibility index (Phi) is 3.74. The number of ether oxygens (including phenoxy) is 1. The van der Waals surface area contributed by atoms with Crippen LogP contribution in [-0.4, -0.2) is 12.2 Å². The lowest BCUT2D eigenvalue weighted by Crippen LogP contribution is -2.26. The SMILES string of the molecule is CNC1CC(c2ccc(O)c(Cl)c2)Oc2ccc(F)cc21. The molecule has 0 bridgehead atoms. The summed E-state index contributed by atoms with van der Waals surface area (Å²) in [5.74, 6) is 0.434. The zero-order chi connectivity index (χ0) is 15.0. The van der Waals surface area contributed by atoms with Gasteiger partial charge in [0.25, 0.3) is 0 Å². The van der Waals surface area contributed by atoms with Crippen molar-refractivity contribution in [3.05, 3.63) is 58.4 Å². The Labute approximate surface area is 127 Å². The molecule has 0 saturated carbocycles. The molecule has 0 fully saturated rings. The van der Waals surface area contributed by atoms with E-state index in [0.717, 1.165) is 11.1 Å². The normalized spacial score (nSPS) is 20.7. The van der Waals surface area contributed by atoms with E-state index in [1.807, 2.05) is 7.05 Å². The topological polar surface area (TPSA) is 41.5 Å². The van der Waals surface area contributed by atoms with E-state index in [-0.39, 0.29) is 23.7 Å². The standard InChI is InChI=1S/C16H15ClFNO2/c1-19-13-8-16(9-2-4-14(20)12(17)6-9)21-15-5-3-10(18)7-11(13)15/h2-7,13,16,19-20H,8H2,1H3. The molecule has 21 heavy (non-hydrogen) atoms. The molecule has 0 radical (unpaired) electrons. The summed E-state index contributed by atoms with van der Waals surface area (Å²) in [5, 5.41) is 13.0. The van der Waals surface area contributed by atoms with Crippen molar-refractivity contribution in [3.8, 4) is 11.5 Å². The molecule has 3 nitrogen and oxygen atoms in total. The molecule has 3 rings (SSSR count). The lowest BCUT2D eigenvalue weighted by molar-refractivity contribution is 0.153. The molecule has 1 heterocycles. The Balaban J connectivity index is 1.96. The van der Waals surface area contributed by atoms with Crippen LogP contribution in [0.15, 0.2) is 36.4 Å². The smallest absolute Gasteiger partial charge is 0.134 e. The number of rotatable bonds is 2. The fraction of sp³-hybridized carbons (Fsp3) is 0.250. The van der Waals surface area contributed by atoms with Crippen LogP contribution in [-0.2, 0) is 0 Å². The van der Waals surface area contributed by atoms with Gasteiger partial charge in [-0.2, -0.15) is 0 Å². The number of hydrogen-bond donors (Lipinski definition) is 2. The van der Waals surface area contributed by atoms with Gasteiger partial charge >= 0.3 is 0 Å². The van der Waals surface area contributed by atoms with Crippen LogP contribution in [0.5, 0.6) is 11.5 Å². The third kappa shape index (κ3) is 2.69. The minimum atomic E-state index is -0.274. The van der Waals surface area contributed by atoms with Crippen molar-refractivity contribution in [2.24, 2.45) is 0 Å². The van der Waals surface area contributed by atoms with Crippen molar-refractivity contribution in [3.63, 3.8) is 0 Å². The lowest BCUT2D eigenvalue weighted by atomic mass is 9.93. The maximum atomic E-state index is 13.4. The lowest BCUT2D eigenvalue weighted by Gasteiger charge is -2.32. The Morgan fingerprint density at radius 1 is 1.29 bits per heavy atom. The summed E-state index contributed by atoms with van der Waals surface area (Å²) >= 11 is 5.95. The second-order valence-corrected chi connectivity index (χ2v) is 5.48. The van der Waals surface area contributed by atoms with Gasteiger partial charge in [-0.3, -0.25) is 0 Å². The molecule has 5 heteroatoms. The molecule has 2 unspecified atom stereocenters. The van der Waals surface area contributed by atoms with Gasteiger partial charge in [-0.15, -0.1) is 0 Å². The van der Waals surface area contributed by atoms with Crippen molar-refractivity contribution in [1.29, 1.82) is 0 Å². The van der Waals surface area contributed by atoms with Gasteiger partial charge in [-0.1, -0.05) is 17.7 Å². The van der Waals surface area contributed by atoms with Crippen molar-refractivity contribution in [2.75, 3.05) is 7.05 Å². The number of aromatic hydroxyl groups is 1. The number of phenols is 1. The van der Waals surface area contributed by atoms with Crippen molar-refractivity contribution in [2.45, 2.75) is 18.6 Å². The Hall–Kier alpha value is -1.78. The average Bonchev–Trinajstić information content (AvgIpc) is 2.49. The number of halogens is 2. The molecule has 1 aliphatic rings. The molecule has 0 saturated heterocycles. The Morgan fingerprint density at radius 3 is 2.81 bits per heavy atom. The average molecular weight is 308 g/mol. The van der Waals surface area contributed by atoms with Gasteiger partial charge in [0.05, 0.1) is 5.02 Å².